The van der Waals surface area contributed by atoms with E-state index in [9.17, 15) is 0 Å². The molecule has 0 spiro atoms. The highest BCUT2D eigenvalue weighted by molar-refractivity contribution is 6.33. The van der Waals surface area contributed by atoms with Gasteiger partial charge in [-0.25, -0.2) is 4.98 Å². The second kappa shape index (κ2) is 6.76. The Morgan fingerprint density at radius 2 is 1.86 bits per heavy atom. The summed E-state index contributed by atoms with van der Waals surface area (Å²) >= 11 is 6.04. The van der Waals surface area contributed by atoms with Crippen molar-refractivity contribution < 1.29 is 0 Å². The number of hydrogen-bond donors (Lipinski definition) is 1. The van der Waals surface area contributed by atoms with Gasteiger partial charge in [-0.2, -0.15) is 9.97 Å². The molecule has 1 fully saturated rings. The monoisotopic (exact) mass is 323 g/mol. The van der Waals surface area contributed by atoms with Crippen LogP contribution in [0.15, 0.2) is 6.33 Å². The fourth-order valence-corrected chi connectivity index (χ4v) is 3.10. The lowest BCUT2D eigenvalue weighted by molar-refractivity contribution is 0.135. The summed E-state index contributed by atoms with van der Waals surface area (Å²) in [5.74, 6) is 0.190. The maximum atomic E-state index is 6.04. The van der Waals surface area contributed by atoms with Crippen molar-refractivity contribution in [2.24, 2.45) is 0 Å². The number of nitrogen functional groups attached to an aromatic ring is 1. The molecular formula is C14H22ClN7. The molecule has 0 aliphatic carbocycles. The topological polar surface area (TPSA) is 76.1 Å². The average Bonchev–Trinajstić information content (AvgIpc) is 2.91. The van der Waals surface area contributed by atoms with Crippen LogP contribution in [0.4, 0.5) is 5.95 Å². The molecule has 1 saturated heterocycles. The molecule has 0 radical (unpaired) electrons. The van der Waals surface area contributed by atoms with Gasteiger partial charge in [0.05, 0.1) is 6.33 Å². The van der Waals surface area contributed by atoms with Crippen molar-refractivity contribution in [2.45, 2.75) is 19.9 Å². The van der Waals surface area contributed by atoms with E-state index in [0.29, 0.717) is 16.3 Å². The van der Waals surface area contributed by atoms with Gasteiger partial charge in [0, 0.05) is 32.7 Å². The number of rotatable bonds is 5. The van der Waals surface area contributed by atoms with Crippen LogP contribution in [-0.2, 0) is 6.54 Å². The molecule has 1 aliphatic rings. The number of halogens is 1. The molecule has 0 atom stereocenters. The molecule has 0 aromatic carbocycles. The van der Waals surface area contributed by atoms with Gasteiger partial charge >= 0.3 is 0 Å². The number of fused-ring (bicyclic) bond motifs is 1. The highest BCUT2D eigenvalue weighted by atomic mass is 35.5. The summed E-state index contributed by atoms with van der Waals surface area (Å²) in [7, 11) is 0. The predicted molar refractivity (Wildman–Crippen MR) is 87.9 cm³/mol. The number of hydrogen-bond acceptors (Lipinski definition) is 6. The van der Waals surface area contributed by atoms with Crippen molar-refractivity contribution in [2.75, 3.05) is 45.0 Å². The molecule has 2 aromatic heterocycles. The number of anilines is 1. The zero-order valence-corrected chi connectivity index (χ0v) is 13.6. The second-order valence-corrected chi connectivity index (χ2v) is 5.97. The first-order valence-electron chi connectivity index (χ1n) is 7.76. The molecule has 2 N–H and O–H groups in total. The zero-order chi connectivity index (χ0) is 15.5. The Balaban J connectivity index is 1.56. The third kappa shape index (κ3) is 3.31. The number of nitrogens with zero attached hydrogens (tertiary/aromatic N) is 6. The zero-order valence-electron chi connectivity index (χ0n) is 12.9. The summed E-state index contributed by atoms with van der Waals surface area (Å²) in [5.41, 5.74) is 7.00. The van der Waals surface area contributed by atoms with Crippen molar-refractivity contribution >= 4 is 28.7 Å². The van der Waals surface area contributed by atoms with Crippen LogP contribution in [0.5, 0.6) is 0 Å². The van der Waals surface area contributed by atoms with Crippen molar-refractivity contribution in [1.82, 2.24) is 29.3 Å². The Kier molecular flexibility index (Phi) is 4.75. The molecule has 2 aromatic rings. The molecule has 3 heterocycles. The Hall–Kier alpha value is -1.44. The molecule has 120 valence electrons. The van der Waals surface area contributed by atoms with Crippen LogP contribution in [-0.4, -0.2) is 68.6 Å². The Bertz CT molecular complexity index is 633. The molecule has 22 heavy (non-hydrogen) atoms. The van der Waals surface area contributed by atoms with Gasteiger partial charge in [-0.05, 0) is 19.5 Å². The van der Waals surface area contributed by atoms with Crippen LogP contribution in [0, 0.1) is 0 Å². The molecule has 8 heteroatoms. The van der Waals surface area contributed by atoms with E-state index in [2.05, 4.69) is 31.7 Å². The van der Waals surface area contributed by atoms with Crippen molar-refractivity contribution in [1.29, 1.82) is 0 Å². The number of piperazine rings is 1. The fraction of sp³-hybridized carbons (Fsp3) is 0.643. The van der Waals surface area contributed by atoms with Gasteiger partial charge < -0.3 is 20.1 Å². The quantitative estimate of drug-likeness (QED) is 0.830. The van der Waals surface area contributed by atoms with E-state index in [-0.39, 0.29) is 5.95 Å². The van der Waals surface area contributed by atoms with Crippen molar-refractivity contribution in [3.8, 4) is 0 Å². The molecule has 3 rings (SSSR count). The van der Waals surface area contributed by atoms with E-state index < -0.39 is 0 Å². The maximum Gasteiger partial charge on any atom is 0.223 e. The number of likely N-dealkylation sites (N-methyl/N-ethyl adjacent to an activating group) is 1. The Labute approximate surface area is 135 Å². The van der Waals surface area contributed by atoms with E-state index >= 15 is 0 Å². The van der Waals surface area contributed by atoms with E-state index in [1.807, 2.05) is 4.57 Å². The molecule has 1 aliphatic heterocycles. The lowest BCUT2D eigenvalue weighted by atomic mass is 10.3. The van der Waals surface area contributed by atoms with Crippen molar-refractivity contribution in [3.05, 3.63) is 11.5 Å². The van der Waals surface area contributed by atoms with E-state index in [1.165, 1.54) is 13.1 Å². The average molecular weight is 324 g/mol. The summed E-state index contributed by atoms with van der Waals surface area (Å²) in [5, 5.41) is 0.317. The number of nitrogens with two attached hydrogens (primary N) is 1. The van der Waals surface area contributed by atoms with Gasteiger partial charge in [-0.1, -0.05) is 18.5 Å². The van der Waals surface area contributed by atoms with Crippen LogP contribution in [0.3, 0.4) is 0 Å². The first-order chi connectivity index (χ1) is 10.7. The normalized spacial score (nSPS) is 17.4. The molecule has 0 bridgehead atoms. The second-order valence-electron chi connectivity index (χ2n) is 5.61. The minimum Gasteiger partial charge on any atom is -0.368 e. The molecular weight excluding hydrogens is 302 g/mol. The third-order valence-electron chi connectivity index (χ3n) is 4.22. The molecule has 0 amide bonds. The van der Waals surface area contributed by atoms with Gasteiger partial charge in [0.1, 0.15) is 5.52 Å². The first kappa shape index (κ1) is 15.5. The third-order valence-corrected chi connectivity index (χ3v) is 4.49. The van der Waals surface area contributed by atoms with Crippen LogP contribution in [0.25, 0.3) is 11.2 Å². The van der Waals surface area contributed by atoms with E-state index in [0.717, 1.165) is 39.1 Å². The van der Waals surface area contributed by atoms with Gasteiger partial charge in [-0.15, -0.1) is 0 Å². The van der Waals surface area contributed by atoms with E-state index in [1.54, 1.807) is 6.33 Å². The smallest absolute Gasteiger partial charge is 0.223 e. The van der Waals surface area contributed by atoms with Crippen LogP contribution >= 0.6 is 11.6 Å². The van der Waals surface area contributed by atoms with Crippen LogP contribution in [0.1, 0.15) is 13.3 Å². The van der Waals surface area contributed by atoms with Gasteiger partial charge in [0.2, 0.25) is 5.95 Å². The summed E-state index contributed by atoms with van der Waals surface area (Å²) in [4.78, 5) is 17.5. The highest BCUT2D eigenvalue weighted by Crippen LogP contribution is 2.19. The highest BCUT2D eigenvalue weighted by Gasteiger charge is 2.15. The SMILES string of the molecule is CCN1CCN(CCCn2cnc3c(Cl)nc(N)nc32)CC1. The number of imidazole rings is 1. The lowest BCUT2D eigenvalue weighted by Gasteiger charge is -2.33. The fourth-order valence-electron chi connectivity index (χ4n) is 2.88. The number of aryl methyl sites for hydroxylation is 1. The summed E-state index contributed by atoms with van der Waals surface area (Å²) in [6.07, 6.45) is 2.82. The maximum absolute atomic E-state index is 6.04. The molecule has 0 unspecified atom stereocenters. The van der Waals surface area contributed by atoms with Crippen LogP contribution < -0.4 is 5.73 Å². The van der Waals surface area contributed by atoms with Crippen molar-refractivity contribution in [3.63, 3.8) is 0 Å². The standard InChI is InChI=1S/C14H22ClN7/c1-2-20-6-8-21(9-7-20)4-3-5-22-10-17-11-12(15)18-14(16)19-13(11)22/h10H,2-9H2,1H3,(H2,16,18,19). The largest absolute Gasteiger partial charge is 0.368 e. The molecule has 0 saturated carbocycles. The van der Waals surface area contributed by atoms with Gasteiger partial charge in [0.25, 0.3) is 0 Å². The predicted octanol–water partition coefficient (Wildman–Crippen LogP) is 1.09. The summed E-state index contributed by atoms with van der Waals surface area (Å²) in [6.45, 7) is 9.96. The summed E-state index contributed by atoms with van der Waals surface area (Å²) < 4.78 is 2.00. The first-order valence-corrected chi connectivity index (χ1v) is 8.13. The minimum absolute atomic E-state index is 0.190. The van der Waals surface area contributed by atoms with E-state index in [4.69, 9.17) is 17.3 Å². The van der Waals surface area contributed by atoms with Gasteiger partial charge in [0.15, 0.2) is 10.8 Å². The number of aromatic nitrogens is 4. The minimum atomic E-state index is 0.190. The summed E-state index contributed by atoms with van der Waals surface area (Å²) in [6, 6.07) is 0. The Morgan fingerprint density at radius 1 is 1.14 bits per heavy atom. The molecule has 7 nitrogen and oxygen atoms in total. The van der Waals surface area contributed by atoms with Gasteiger partial charge in [-0.3, -0.25) is 0 Å². The van der Waals surface area contributed by atoms with Crippen LogP contribution in [0.2, 0.25) is 5.15 Å². The lowest BCUT2D eigenvalue weighted by Crippen LogP contribution is -2.46. The Morgan fingerprint density at radius 3 is 2.59 bits per heavy atom.